The lowest BCUT2D eigenvalue weighted by atomic mass is 9.95. The second kappa shape index (κ2) is 5.46. The number of hydrogen-bond acceptors (Lipinski definition) is 5. The van der Waals surface area contributed by atoms with Crippen molar-refractivity contribution < 1.29 is 5.11 Å². The minimum absolute atomic E-state index is 0.117. The Hall–Kier alpha value is -2.14. The lowest BCUT2D eigenvalue weighted by Gasteiger charge is -2.17. The highest BCUT2D eigenvalue weighted by atomic mass is 35.5. The van der Waals surface area contributed by atoms with Gasteiger partial charge >= 0.3 is 0 Å². The highest BCUT2D eigenvalue weighted by Gasteiger charge is 2.27. The molecule has 0 aliphatic carbocycles. The van der Waals surface area contributed by atoms with E-state index in [0.717, 1.165) is 12.4 Å². The fourth-order valence-corrected chi connectivity index (χ4v) is 2.41. The molecular formula is C14H13ClN4O. The second-order valence-electron chi connectivity index (χ2n) is 4.44. The van der Waals surface area contributed by atoms with E-state index < -0.39 is 0 Å². The molecule has 0 fully saturated rings. The molecule has 0 spiro atoms. The molecule has 5 nitrogen and oxygen atoms in total. The third-order valence-electron chi connectivity index (χ3n) is 3.12. The first-order valence-electron chi connectivity index (χ1n) is 6.29. The molecule has 3 rings (SSSR count). The predicted octanol–water partition coefficient (Wildman–Crippen LogP) is 1.97. The van der Waals surface area contributed by atoms with E-state index in [1.165, 1.54) is 6.07 Å². The van der Waals surface area contributed by atoms with E-state index in [0.29, 0.717) is 23.0 Å². The molecule has 1 unspecified atom stereocenters. The summed E-state index contributed by atoms with van der Waals surface area (Å²) >= 11 is 5.89. The van der Waals surface area contributed by atoms with Gasteiger partial charge in [-0.2, -0.15) is 0 Å². The standard InChI is InChI=1S/C14H13ClN4O/c15-9-2-3-10(11(20)8-9)12(14-18-6-7-19-14)13-16-4-1-5-17-13/h1-5,8,12,20H,6-7H2,(H,18,19). The van der Waals surface area contributed by atoms with Crippen LogP contribution < -0.4 is 5.32 Å². The Morgan fingerprint density at radius 3 is 2.70 bits per heavy atom. The molecule has 20 heavy (non-hydrogen) atoms. The number of aliphatic imine (C=N–C) groups is 1. The van der Waals surface area contributed by atoms with E-state index in [-0.39, 0.29) is 11.7 Å². The third kappa shape index (κ3) is 2.44. The van der Waals surface area contributed by atoms with Gasteiger partial charge in [0.05, 0.1) is 6.54 Å². The van der Waals surface area contributed by atoms with Crippen molar-refractivity contribution >= 4 is 17.4 Å². The number of aromatic hydroxyl groups is 1. The average molecular weight is 289 g/mol. The van der Waals surface area contributed by atoms with Gasteiger partial charge in [-0.15, -0.1) is 0 Å². The number of nitrogens with one attached hydrogen (secondary N) is 1. The van der Waals surface area contributed by atoms with Crippen molar-refractivity contribution in [3.05, 3.63) is 53.1 Å². The number of phenols is 1. The fourth-order valence-electron chi connectivity index (χ4n) is 2.24. The second-order valence-corrected chi connectivity index (χ2v) is 4.87. The topological polar surface area (TPSA) is 70.4 Å². The Balaban J connectivity index is 2.10. The van der Waals surface area contributed by atoms with Gasteiger partial charge in [-0.3, -0.25) is 4.99 Å². The Labute approximate surface area is 121 Å². The van der Waals surface area contributed by atoms with Gasteiger partial charge < -0.3 is 10.4 Å². The molecule has 0 saturated carbocycles. The number of hydrogen-bond donors (Lipinski definition) is 2. The predicted molar refractivity (Wildman–Crippen MR) is 77.3 cm³/mol. The van der Waals surface area contributed by atoms with Crippen molar-refractivity contribution in [3.63, 3.8) is 0 Å². The molecule has 2 heterocycles. The van der Waals surface area contributed by atoms with E-state index in [1.807, 2.05) is 0 Å². The molecule has 1 aliphatic heterocycles. The van der Waals surface area contributed by atoms with E-state index >= 15 is 0 Å². The van der Waals surface area contributed by atoms with Crippen LogP contribution in [0.15, 0.2) is 41.7 Å². The van der Waals surface area contributed by atoms with Crippen LogP contribution in [-0.4, -0.2) is 34.0 Å². The smallest absolute Gasteiger partial charge is 0.143 e. The lowest BCUT2D eigenvalue weighted by Crippen LogP contribution is -2.27. The van der Waals surface area contributed by atoms with Gasteiger partial charge in [0.25, 0.3) is 0 Å². The van der Waals surface area contributed by atoms with E-state index in [1.54, 1.807) is 30.6 Å². The molecule has 102 valence electrons. The molecular weight excluding hydrogens is 276 g/mol. The van der Waals surface area contributed by atoms with Gasteiger partial charge in [0, 0.05) is 29.5 Å². The lowest BCUT2D eigenvalue weighted by molar-refractivity contribution is 0.467. The summed E-state index contributed by atoms with van der Waals surface area (Å²) in [6.07, 6.45) is 3.36. The minimum atomic E-state index is -0.309. The number of aromatic nitrogens is 2. The monoisotopic (exact) mass is 288 g/mol. The zero-order valence-corrected chi connectivity index (χ0v) is 11.4. The summed E-state index contributed by atoms with van der Waals surface area (Å²) in [6.45, 7) is 1.50. The Kier molecular flexibility index (Phi) is 3.52. The minimum Gasteiger partial charge on any atom is -0.508 e. The Morgan fingerprint density at radius 2 is 2.05 bits per heavy atom. The average Bonchev–Trinajstić information content (AvgIpc) is 2.97. The van der Waals surface area contributed by atoms with Crippen LogP contribution in [0.2, 0.25) is 5.02 Å². The van der Waals surface area contributed by atoms with Gasteiger partial charge in [0.15, 0.2) is 0 Å². The fraction of sp³-hybridized carbons (Fsp3) is 0.214. The summed E-state index contributed by atoms with van der Waals surface area (Å²) in [5.41, 5.74) is 0.689. The van der Waals surface area contributed by atoms with Crippen molar-refractivity contribution in [1.82, 2.24) is 15.3 Å². The van der Waals surface area contributed by atoms with Crippen LogP contribution in [0.1, 0.15) is 17.3 Å². The largest absolute Gasteiger partial charge is 0.508 e. The van der Waals surface area contributed by atoms with Crippen LogP contribution in [-0.2, 0) is 0 Å². The van der Waals surface area contributed by atoms with Crippen LogP contribution >= 0.6 is 11.6 Å². The van der Waals surface area contributed by atoms with Crippen molar-refractivity contribution in [2.24, 2.45) is 4.99 Å². The highest BCUT2D eigenvalue weighted by molar-refractivity contribution is 6.30. The van der Waals surface area contributed by atoms with Crippen LogP contribution in [0.4, 0.5) is 0 Å². The molecule has 0 radical (unpaired) electrons. The Morgan fingerprint density at radius 1 is 1.25 bits per heavy atom. The third-order valence-corrected chi connectivity index (χ3v) is 3.36. The molecule has 0 saturated heterocycles. The van der Waals surface area contributed by atoms with E-state index in [4.69, 9.17) is 11.6 Å². The number of rotatable bonds is 3. The first-order valence-corrected chi connectivity index (χ1v) is 6.67. The molecule has 2 aromatic rings. The molecule has 1 aromatic carbocycles. The van der Waals surface area contributed by atoms with Crippen molar-refractivity contribution in [2.45, 2.75) is 5.92 Å². The number of nitrogens with zero attached hydrogens (tertiary/aromatic N) is 3. The van der Waals surface area contributed by atoms with Gasteiger partial charge in [-0.1, -0.05) is 17.7 Å². The zero-order valence-electron chi connectivity index (χ0n) is 10.6. The van der Waals surface area contributed by atoms with E-state index in [2.05, 4.69) is 20.3 Å². The van der Waals surface area contributed by atoms with Crippen LogP contribution in [0.25, 0.3) is 0 Å². The molecule has 1 aliphatic rings. The molecule has 1 aromatic heterocycles. The summed E-state index contributed by atoms with van der Waals surface area (Å²) in [5.74, 6) is 1.18. The van der Waals surface area contributed by atoms with Gasteiger partial charge in [0.2, 0.25) is 0 Å². The number of halogens is 1. The highest BCUT2D eigenvalue weighted by Crippen LogP contribution is 2.32. The molecule has 1 atom stereocenters. The maximum absolute atomic E-state index is 10.2. The SMILES string of the molecule is Oc1cc(Cl)ccc1C(C1=NCCN1)c1ncccn1. The summed E-state index contributed by atoms with van der Waals surface area (Å²) in [4.78, 5) is 13.0. The summed E-state index contributed by atoms with van der Waals surface area (Å²) in [5, 5.41) is 13.9. The summed E-state index contributed by atoms with van der Waals surface area (Å²) in [7, 11) is 0. The molecule has 6 heteroatoms. The maximum Gasteiger partial charge on any atom is 0.143 e. The quantitative estimate of drug-likeness (QED) is 0.906. The van der Waals surface area contributed by atoms with Crippen molar-refractivity contribution in [2.75, 3.05) is 13.1 Å². The van der Waals surface area contributed by atoms with Crippen LogP contribution in [0.3, 0.4) is 0 Å². The first-order chi connectivity index (χ1) is 9.75. The maximum atomic E-state index is 10.2. The summed E-state index contributed by atoms with van der Waals surface area (Å²) in [6, 6.07) is 6.79. The number of benzene rings is 1. The van der Waals surface area contributed by atoms with Crippen LogP contribution in [0.5, 0.6) is 5.75 Å². The zero-order chi connectivity index (χ0) is 13.9. The van der Waals surface area contributed by atoms with Crippen molar-refractivity contribution in [3.8, 4) is 5.75 Å². The molecule has 2 N–H and O–H groups in total. The molecule has 0 amide bonds. The van der Waals surface area contributed by atoms with Gasteiger partial charge in [0.1, 0.15) is 23.3 Å². The number of phenolic OH excluding ortho intramolecular Hbond substituents is 1. The van der Waals surface area contributed by atoms with E-state index in [9.17, 15) is 5.11 Å². The van der Waals surface area contributed by atoms with Gasteiger partial charge in [-0.25, -0.2) is 9.97 Å². The first kappa shape index (κ1) is 12.9. The molecule has 0 bridgehead atoms. The van der Waals surface area contributed by atoms with Gasteiger partial charge in [-0.05, 0) is 18.2 Å². The van der Waals surface area contributed by atoms with Crippen LogP contribution in [0, 0.1) is 0 Å². The normalized spacial score (nSPS) is 15.6. The van der Waals surface area contributed by atoms with Crippen molar-refractivity contribution in [1.29, 1.82) is 0 Å². The summed E-state index contributed by atoms with van der Waals surface area (Å²) < 4.78 is 0. The number of amidine groups is 1. The Bertz CT molecular complexity index is 645.